The number of aliphatic hydroxyl groups excluding tert-OH is 2. The van der Waals surface area contributed by atoms with Crippen LogP contribution in [0.2, 0.25) is 0 Å². The summed E-state index contributed by atoms with van der Waals surface area (Å²) in [6.45, 7) is 7.13. The number of carbonyl (C=O) groups is 1. The van der Waals surface area contributed by atoms with Gasteiger partial charge in [0, 0.05) is 23.9 Å². The summed E-state index contributed by atoms with van der Waals surface area (Å²) in [7, 11) is 0. The molecular weight excluding hydrogens is 536 g/mol. The molecule has 1 heterocycles. The van der Waals surface area contributed by atoms with Crippen molar-refractivity contribution in [2.45, 2.75) is 97.2 Å². The van der Waals surface area contributed by atoms with Gasteiger partial charge < -0.3 is 20.3 Å². The lowest BCUT2D eigenvalue weighted by Gasteiger charge is -2.62. The monoisotopic (exact) mass is 581 g/mol. The van der Waals surface area contributed by atoms with Crippen LogP contribution in [0.5, 0.6) is 5.88 Å². The predicted octanol–water partition coefficient (Wildman–Crippen LogP) is 5.00. The lowest BCUT2D eigenvalue weighted by molar-refractivity contribution is -0.384. The average molecular weight is 582 g/mol. The van der Waals surface area contributed by atoms with Gasteiger partial charge in [0.05, 0.1) is 28.3 Å². The molecule has 0 bridgehead atoms. The van der Waals surface area contributed by atoms with Gasteiger partial charge in [0.15, 0.2) is 0 Å². The maximum absolute atomic E-state index is 12.8. The first kappa shape index (κ1) is 29.2. The molecule has 0 unspecified atom stereocenters. The largest absolute Gasteiger partial charge is 0.859 e. The van der Waals surface area contributed by atoms with E-state index in [0.29, 0.717) is 52.8 Å². The molecule has 4 aliphatic carbocycles. The molecule has 0 radical (unpaired) electrons. The van der Waals surface area contributed by atoms with Gasteiger partial charge >= 0.3 is 0 Å². The second kappa shape index (κ2) is 10.7. The van der Waals surface area contributed by atoms with E-state index in [4.69, 9.17) is 0 Å². The number of amides is 1. The normalized spacial score (nSPS) is 38.3. The fraction of sp³-hybridized carbons (Fsp3) is 0.719. The van der Waals surface area contributed by atoms with E-state index in [1.165, 1.54) is 18.2 Å². The molecule has 4 saturated carbocycles. The second-order valence-electron chi connectivity index (χ2n) is 14.5. The molecule has 5 N–H and O–H groups in total. The molecule has 42 heavy (non-hydrogen) atoms. The van der Waals surface area contributed by atoms with Gasteiger partial charge in [0.25, 0.3) is 5.69 Å². The molecule has 230 valence electrons. The molecule has 10 heteroatoms. The molecule has 10 atom stereocenters. The van der Waals surface area contributed by atoms with Gasteiger partial charge in [-0.25, -0.2) is 0 Å². The van der Waals surface area contributed by atoms with Gasteiger partial charge in [-0.3, -0.25) is 25.8 Å². The Morgan fingerprint density at radius 2 is 1.86 bits per heavy atom. The number of aromatic nitrogens is 1. The summed E-state index contributed by atoms with van der Waals surface area (Å²) in [6.07, 6.45) is 8.67. The highest BCUT2D eigenvalue weighted by atomic mass is 16.6. The van der Waals surface area contributed by atoms with Gasteiger partial charge in [-0.2, -0.15) is 0 Å². The van der Waals surface area contributed by atoms with Crippen LogP contribution in [0.1, 0.15) is 85.0 Å². The summed E-state index contributed by atoms with van der Waals surface area (Å²) in [5.74, 6) is 1.93. The summed E-state index contributed by atoms with van der Waals surface area (Å²) < 4.78 is 0. The fourth-order valence-electron chi connectivity index (χ4n) is 10.3. The van der Waals surface area contributed by atoms with Crippen LogP contribution < -0.4 is 16.0 Å². The number of carbonyl (C=O) groups excluding carboxylic acids is 1. The third kappa shape index (κ3) is 4.75. The van der Waals surface area contributed by atoms with Gasteiger partial charge in [0.1, 0.15) is 0 Å². The predicted molar refractivity (Wildman–Crippen MR) is 157 cm³/mol. The Hall–Kier alpha value is -2.85. The van der Waals surface area contributed by atoms with Crippen LogP contribution in [-0.4, -0.2) is 38.2 Å². The van der Waals surface area contributed by atoms with E-state index < -0.39 is 10.8 Å². The van der Waals surface area contributed by atoms with Crippen LogP contribution in [0, 0.1) is 56.5 Å². The van der Waals surface area contributed by atoms with E-state index in [0.717, 1.165) is 57.8 Å². The highest BCUT2D eigenvalue weighted by molar-refractivity contribution is 5.97. The quantitative estimate of drug-likeness (QED) is 0.227. The maximum Gasteiger partial charge on any atom is 0.271 e. The van der Waals surface area contributed by atoms with Gasteiger partial charge in [-0.1, -0.05) is 20.8 Å². The van der Waals surface area contributed by atoms with Gasteiger partial charge in [0.2, 0.25) is 5.91 Å². The molecular formula is C32H45N4O6-. The van der Waals surface area contributed by atoms with Crippen molar-refractivity contribution in [1.82, 2.24) is 10.4 Å². The summed E-state index contributed by atoms with van der Waals surface area (Å²) >= 11 is 0. The zero-order valence-electron chi connectivity index (χ0n) is 24.9. The van der Waals surface area contributed by atoms with Gasteiger partial charge in [-0.05, 0) is 116 Å². The number of aliphatic hydroxyl groups is 2. The van der Waals surface area contributed by atoms with E-state index >= 15 is 0 Å². The third-order valence-corrected chi connectivity index (χ3v) is 12.5. The third-order valence-electron chi connectivity index (χ3n) is 12.5. The van der Waals surface area contributed by atoms with Crippen molar-refractivity contribution in [3.63, 3.8) is 0 Å². The lowest BCUT2D eigenvalue weighted by Crippen LogP contribution is -2.58. The minimum absolute atomic E-state index is 0.116. The molecule has 1 aromatic carbocycles. The van der Waals surface area contributed by atoms with Crippen molar-refractivity contribution in [3.8, 4) is 5.88 Å². The van der Waals surface area contributed by atoms with Crippen LogP contribution >= 0.6 is 0 Å². The topological polar surface area (TPSA) is 164 Å². The Morgan fingerprint density at radius 3 is 2.62 bits per heavy atom. The number of hydrogen-bond acceptors (Lipinski definition) is 7. The number of fused-ring (bicyclic) bond motifs is 6. The SMILES string of the molecule is C[C@H](CCC(=O)NNc1c([O-])[nH]c2cc([N+](=O)[O-])ccc12)[C@H]1CC[C@@H]2[C@H]3[C@H](O)C[C@@H]4C[C@@H](O)CC[C@]4(C)[C@H]3CC[C@@]21C. The zero-order chi connectivity index (χ0) is 30.0. The highest BCUT2D eigenvalue weighted by Gasteiger charge is 2.62. The number of hydrogen-bond donors (Lipinski definition) is 5. The van der Waals surface area contributed by atoms with Crippen LogP contribution in [0.3, 0.4) is 0 Å². The Balaban J connectivity index is 1.07. The summed E-state index contributed by atoms with van der Waals surface area (Å²) in [6, 6.07) is 4.13. The number of nitro benzene ring substituents is 1. The second-order valence-corrected chi connectivity index (χ2v) is 14.5. The molecule has 0 saturated heterocycles. The van der Waals surface area contributed by atoms with Crippen LogP contribution in [0.25, 0.3) is 10.9 Å². The average Bonchev–Trinajstić information content (AvgIpc) is 3.46. The minimum atomic E-state index is -0.519. The van der Waals surface area contributed by atoms with Gasteiger partial charge in [-0.15, -0.1) is 0 Å². The molecule has 10 nitrogen and oxygen atoms in total. The first-order valence-electron chi connectivity index (χ1n) is 15.8. The number of nitro groups is 1. The van der Waals surface area contributed by atoms with Crippen molar-refractivity contribution in [2.24, 2.45) is 46.3 Å². The molecule has 2 aromatic rings. The maximum atomic E-state index is 12.8. The Labute approximate surface area is 246 Å². The number of nitrogens with zero attached hydrogens (tertiary/aromatic N) is 1. The molecule has 4 aliphatic rings. The summed E-state index contributed by atoms with van der Waals surface area (Å²) in [4.78, 5) is 25.9. The molecule has 1 amide bonds. The van der Waals surface area contributed by atoms with Crippen molar-refractivity contribution >= 4 is 28.2 Å². The van der Waals surface area contributed by atoms with E-state index in [-0.39, 0.29) is 40.3 Å². The summed E-state index contributed by atoms with van der Waals surface area (Å²) in [5, 5.41) is 45.7. The summed E-state index contributed by atoms with van der Waals surface area (Å²) in [5.41, 5.74) is 6.14. The fourth-order valence-corrected chi connectivity index (χ4v) is 10.3. The van der Waals surface area contributed by atoms with Crippen LogP contribution in [0.15, 0.2) is 18.2 Å². The van der Waals surface area contributed by atoms with Crippen molar-refractivity contribution < 1.29 is 25.0 Å². The first-order valence-corrected chi connectivity index (χ1v) is 15.8. The van der Waals surface area contributed by atoms with Crippen molar-refractivity contribution in [1.29, 1.82) is 0 Å². The Kier molecular flexibility index (Phi) is 7.45. The smallest absolute Gasteiger partial charge is 0.271 e. The van der Waals surface area contributed by atoms with Crippen molar-refractivity contribution in [3.05, 3.63) is 28.3 Å². The molecule has 4 fully saturated rings. The minimum Gasteiger partial charge on any atom is -0.859 e. The Morgan fingerprint density at radius 1 is 1.12 bits per heavy atom. The van der Waals surface area contributed by atoms with E-state index in [1.54, 1.807) is 0 Å². The highest BCUT2D eigenvalue weighted by Crippen LogP contribution is 2.68. The molecule has 1 aromatic heterocycles. The standard InChI is InChI=1S/C32H46N4O6/c1-17(4-9-27(39)34-35-29-21-6-5-19(36(41)42)16-25(21)33-30(29)40)22-7-8-23-28-24(11-13-32(22,23)3)31(2)12-10-20(37)14-18(31)15-26(28)38/h5-6,16-18,20,22-24,26,28,33,35,37-38,40H,4,7-15H2,1-3H3,(H,34,39)/p-1/t17-,18+,20+,22-,23-,24+,26-,28-,31+,32-/m1/s1. The first-order chi connectivity index (χ1) is 19.9. The lowest BCUT2D eigenvalue weighted by atomic mass is 9.43. The zero-order valence-corrected chi connectivity index (χ0v) is 24.9. The van der Waals surface area contributed by atoms with E-state index in [2.05, 4.69) is 36.6 Å². The molecule has 0 aliphatic heterocycles. The number of H-pyrrole nitrogens is 1. The Bertz CT molecular complexity index is 1360. The molecule has 0 spiro atoms. The van der Waals surface area contributed by atoms with Crippen LogP contribution in [-0.2, 0) is 4.79 Å². The number of rotatable bonds is 7. The number of aromatic amines is 1. The van der Waals surface area contributed by atoms with Crippen LogP contribution in [0.4, 0.5) is 11.4 Å². The number of benzene rings is 1. The number of nitrogens with one attached hydrogen (secondary N) is 3. The number of anilines is 1. The van der Waals surface area contributed by atoms with E-state index in [9.17, 15) is 30.2 Å². The molecule has 6 rings (SSSR count). The number of hydrazine groups is 1. The number of non-ortho nitro benzene ring substituents is 1. The van der Waals surface area contributed by atoms with Crippen molar-refractivity contribution in [2.75, 3.05) is 5.43 Å². The van der Waals surface area contributed by atoms with E-state index in [1.807, 2.05) is 0 Å².